The first-order chi connectivity index (χ1) is 8.70. The van der Waals surface area contributed by atoms with Crippen molar-refractivity contribution in [1.82, 2.24) is 20.6 Å². The summed E-state index contributed by atoms with van der Waals surface area (Å²) in [6.07, 6.45) is -0.238. The molecule has 8 heteroatoms. The van der Waals surface area contributed by atoms with E-state index in [-0.39, 0.29) is 6.42 Å². The Morgan fingerprint density at radius 2 is 2.39 bits per heavy atom. The number of aromatic amines is 1. The number of carbonyl (C=O) groups is 1. The Hall–Kier alpha value is -2.46. The maximum absolute atomic E-state index is 11.4. The zero-order valence-electron chi connectivity index (χ0n) is 9.01. The van der Waals surface area contributed by atoms with Crippen LogP contribution >= 0.6 is 11.6 Å². The van der Waals surface area contributed by atoms with E-state index >= 15 is 0 Å². The van der Waals surface area contributed by atoms with Crippen LogP contribution in [0.3, 0.4) is 0 Å². The SMILES string of the molecule is N#CCC(=O)Nc1cc(Cl)ccc1-c1nn[nH]n1. The third-order valence-electron chi connectivity index (χ3n) is 2.08. The largest absolute Gasteiger partial charge is 0.324 e. The van der Waals surface area contributed by atoms with E-state index in [0.29, 0.717) is 22.1 Å². The summed E-state index contributed by atoms with van der Waals surface area (Å²) in [5.41, 5.74) is 1.00. The van der Waals surface area contributed by atoms with Crippen LogP contribution < -0.4 is 5.32 Å². The summed E-state index contributed by atoms with van der Waals surface area (Å²) in [6, 6.07) is 6.63. The first-order valence-electron chi connectivity index (χ1n) is 4.91. The maximum Gasteiger partial charge on any atom is 0.238 e. The summed E-state index contributed by atoms with van der Waals surface area (Å²) in [6.45, 7) is 0. The van der Waals surface area contributed by atoms with Gasteiger partial charge in [-0.1, -0.05) is 11.6 Å². The molecule has 0 spiro atoms. The highest BCUT2D eigenvalue weighted by atomic mass is 35.5. The van der Waals surface area contributed by atoms with Crippen molar-refractivity contribution in [2.24, 2.45) is 0 Å². The van der Waals surface area contributed by atoms with E-state index in [1.807, 2.05) is 0 Å². The van der Waals surface area contributed by atoms with Crippen molar-refractivity contribution in [2.75, 3.05) is 5.32 Å². The van der Waals surface area contributed by atoms with Crippen LogP contribution in [-0.4, -0.2) is 26.5 Å². The predicted octanol–water partition coefficient (Wildman–Crippen LogP) is 1.37. The number of H-pyrrole nitrogens is 1. The summed E-state index contributed by atoms with van der Waals surface area (Å²) >= 11 is 5.86. The summed E-state index contributed by atoms with van der Waals surface area (Å²) in [7, 11) is 0. The van der Waals surface area contributed by atoms with Crippen molar-refractivity contribution >= 4 is 23.2 Å². The Balaban J connectivity index is 2.36. The minimum absolute atomic E-state index is 0.238. The molecular formula is C10H7ClN6O. The van der Waals surface area contributed by atoms with Crippen LogP contribution in [0.5, 0.6) is 0 Å². The highest BCUT2D eigenvalue weighted by molar-refractivity contribution is 6.31. The molecule has 2 rings (SSSR count). The number of amides is 1. The first kappa shape index (κ1) is 12.0. The number of hydrogen-bond acceptors (Lipinski definition) is 5. The van der Waals surface area contributed by atoms with Gasteiger partial charge in [-0.2, -0.15) is 10.5 Å². The second kappa shape index (κ2) is 5.25. The summed E-state index contributed by atoms with van der Waals surface area (Å²) in [5.74, 6) is -0.0940. The number of rotatable bonds is 3. The van der Waals surface area contributed by atoms with Gasteiger partial charge in [0.25, 0.3) is 0 Å². The molecule has 90 valence electrons. The van der Waals surface area contributed by atoms with Crippen LogP contribution in [-0.2, 0) is 4.79 Å². The zero-order chi connectivity index (χ0) is 13.0. The van der Waals surface area contributed by atoms with Gasteiger partial charge in [-0.15, -0.1) is 10.2 Å². The molecule has 1 heterocycles. The Bertz CT molecular complexity index is 603. The molecule has 0 atom stereocenters. The Labute approximate surface area is 107 Å². The molecule has 0 unspecified atom stereocenters. The molecule has 0 radical (unpaired) electrons. The van der Waals surface area contributed by atoms with Crippen molar-refractivity contribution < 1.29 is 4.79 Å². The smallest absolute Gasteiger partial charge is 0.238 e. The van der Waals surface area contributed by atoms with Crippen molar-refractivity contribution in [3.8, 4) is 17.5 Å². The van der Waals surface area contributed by atoms with Crippen molar-refractivity contribution in [3.05, 3.63) is 23.2 Å². The van der Waals surface area contributed by atoms with Gasteiger partial charge in [-0.05, 0) is 23.4 Å². The quantitative estimate of drug-likeness (QED) is 0.869. The van der Waals surface area contributed by atoms with Gasteiger partial charge in [0.05, 0.1) is 11.8 Å². The third-order valence-corrected chi connectivity index (χ3v) is 2.32. The Kier molecular flexibility index (Phi) is 3.50. The second-order valence-electron chi connectivity index (χ2n) is 3.31. The number of halogens is 1. The average Bonchev–Trinajstić information content (AvgIpc) is 2.83. The topological polar surface area (TPSA) is 107 Å². The third kappa shape index (κ3) is 2.61. The zero-order valence-corrected chi connectivity index (χ0v) is 9.77. The number of carbonyl (C=O) groups excluding carboxylic acids is 1. The number of aromatic nitrogens is 4. The van der Waals surface area contributed by atoms with Gasteiger partial charge in [0, 0.05) is 10.6 Å². The predicted molar refractivity (Wildman–Crippen MR) is 63.5 cm³/mol. The lowest BCUT2D eigenvalue weighted by molar-refractivity contribution is -0.115. The maximum atomic E-state index is 11.4. The highest BCUT2D eigenvalue weighted by Gasteiger charge is 2.12. The fourth-order valence-corrected chi connectivity index (χ4v) is 1.53. The monoisotopic (exact) mass is 262 g/mol. The van der Waals surface area contributed by atoms with Gasteiger partial charge in [0.2, 0.25) is 11.7 Å². The lowest BCUT2D eigenvalue weighted by atomic mass is 10.1. The van der Waals surface area contributed by atoms with E-state index in [1.165, 1.54) is 0 Å². The summed E-state index contributed by atoms with van der Waals surface area (Å²) in [4.78, 5) is 11.4. The summed E-state index contributed by atoms with van der Waals surface area (Å²) < 4.78 is 0. The standard InChI is InChI=1S/C10H7ClN6O/c11-6-1-2-7(10-14-16-17-15-10)8(5-6)13-9(18)3-4-12/h1-2,5H,3H2,(H,13,18)(H,14,15,16,17). The molecule has 0 saturated carbocycles. The molecule has 0 aliphatic heterocycles. The lowest BCUT2D eigenvalue weighted by Crippen LogP contribution is -2.11. The minimum Gasteiger partial charge on any atom is -0.324 e. The number of nitriles is 1. The minimum atomic E-state index is -0.426. The number of nitrogens with one attached hydrogen (secondary N) is 2. The fourth-order valence-electron chi connectivity index (χ4n) is 1.36. The van der Waals surface area contributed by atoms with Crippen molar-refractivity contribution in [2.45, 2.75) is 6.42 Å². The van der Waals surface area contributed by atoms with Crippen LogP contribution in [0, 0.1) is 11.3 Å². The van der Waals surface area contributed by atoms with Gasteiger partial charge in [0.15, 0.2) is 0 Å². The van der Waals surface area contributed by atoms with Crippen LogP contribution in [0.25, 0.3) is 11.4 Å². The van der Waals surface area contributed by atoms with Gasteiger partial charge >= 0.3 is 0 Å². The number of benzene rings is 1. The number of tetrazole rings is 1. The molecule has 7 nitrogen and oxygen atoms in total. The van der Waals surface area contributed by atoms with E-state index in [2.05, 4.69) is 25.9 Å². The van der Waals surface area contributed by atoms with E-state index in [9.17, 15) is 4.79 Å². The molecule has 18 heavy (non-hydrogen) atoms. The van der Waals surface area contributed by atoms with E-state index in [4.69, 9.17) is 16.9 Å². The highest BCUT2D eigenvalue weighted by Crippen LogP contribution is 2.27. The van der Waals surface area contributed by atoms with Crippen molar-refractivity contribution in [3.63, 3.8) is 0 Å². The van der Waals surface area contributed by atoms with Gasteiger partial charge in [-0.25, -0.2) is 0 Å². The second-order valence-corrected chi connectivity index (χ2v) is 3.74. The number of anilines is 1. The Morgan fingerprint density at radius 1 is 1.56 bits per heavy atom. The van der Waals surface area contributed by atoms with Crippen LogP contribution in [0.15, 0.2) is 18.2 Å². The van der Waals surface area contributed by atoms with Crippen LogP contribution in [0.1, 0.15) is 6.42 Å². The lowest BCUT2D eigenvalue weighted by Gasteiger charge is -2.07. The van der Waals surface area contributed by atoms with Crippen molar-refractivity contribution in [1.29, 1.82) is 5.26 Å². The molecule has 0 aliphatic carbocycles. The van der Waals surface area contributed by atoms with Crippen LogP contribution in [0.4, 0.5) is 5.69 Å². The van der Waals surface area contributed by atoms with Gasteiger partial charge in [-0.3, -0.25) is 4.79 Å². The van der Waals surface area contributed by atoms with Gasteiger partial charge < -0.3 is 5.32 Å². The molecular weight excluding hydrogens is 256 g/mol. The average molecular weight is 263 g/mol. The molecule has 1 amide bonds. The molecule has 0 aliphatic rings. The summed E-state index contributed by atoms with van der Waals surface area (Å²) in [5, 5.41) is 24.9. The molecule has 1 aromatic carbocycles. The number of nitrogens with zero attached hydrogens (tertiary/aromatic N) is 4. The molecule has 0 fully saturated rings. The Morgan fingerprint density at radius 3 is 3.06 bits per heavy atom. The molecule has 0 bridgehead atoms. The van der Waals surface area contributed by atoms with Crippen LogP contribution in [0.2, 0.25) is 5.02 Å². The molecule has 0 saturated heterocycles. The first-order valence-corrected chi connectivity index (χ1v) is 5.28. The van der Waals surface area contributed by atoms with E-state index in [0.717, 1.165) is 0 Å². The number of hydrogen-bond donors (Lipinski definition) is 2. The molecule has 2 aromatic rings. The van der Waals surface area contributed by atoms with Gasteiger partial charge in [0.1, 0.15) is 6.42 Å². The van der Waals surface area contributed by atoms with E-state index in [1.54, 1.807) is 24.3 Å². The molecule has 2 N–H and O–H groups in total. The normalized spacial score (nSPS) is 9.78. The fraction of sp³-hybridized carbons (Fsp3) is 0.100. The molecule has 1 aromatic heterocycles. The van der Waals surface area contributed by atoms with E-state index < -0.39 is 5.91 Å².